The summed E-state index contributed by atoms with van der Waals surface area (Å²) in [5, 5.41) is 2.88. The highest BCUT2D eigenvalue weighted by Crippen LogP contribution is 2.22. The van der Waals surface area contributed by atoms with Crippen molar-refractivity contribution < 1.29 is 18.7 Å². The number of carbonyl (C=O) groups excluding carboxylic acids is 2. The lowest BCUT2D eigenvalue weighted by atomic mass is 9.96. The average Bonchev–Trinajstić information content (AvgIpc) is 2.44. The van der Waals surface area contributed by atoms with Crippen LogP contribution in [0.15, 0.2) is 24.3 Å². The van der Waals surface area contributed by atoms with Crippen molar-refractivity contribution in [3.8, 4) is 0 Å². The summed E-state index contributed by atoms with van der Waals surface area (Å²) in [6, 6.07) is 5.85. The van der Waals surface area contributed by atoms with Gasteiger partial charge in [0.25, 0.3) is 0 Å². The lowest BCUT2D eigenvalue weighted by Gasteiger charge is -2.23. The zero-order chi connectivity index (χ0) is 15.8. The molecule has 1 atom stereocenters. The maximum Gasteiger partial charge on any atom is 0.306 e. The minimum absolute atomic E-state index is 0.0634. The Morgan fingerprint density at radius 2 is 1.81 bits per heavy atom. The summed E-state index contributed by atoms with van der Waals surface area (Å²) in [5.41, 5.74) is 0.843. The summed E-state index contributed by atoms with van der Waals surface area (Å²) in [4.78, 5) is 23.1. The molecular formula is C16H22FNO3. The molecule has 1 rings (SSSR count). The second kappa shape index (κ2) is 8.39. The first-order chi connectivity index (χ1) is 9.93. The van der Waals surface area contributed by atoms with Gasteiger partial charge in [0.1, 0.15) is 5.82 Å². The van der Waals surface area contributed by atoms with E-state index >= 15 is 0 Å². The van der Waals surface area contributed by atoms with Gasteiger partial charge in [-0.05, 0) is 30.5 Å². The van der Waals surface area contributed by atoms with Crippen LogP contribution in [0, 0.1) is 11.7 Å². The molecule has 0 spiro atoms. The monoisotopic (exact) mass is 295 g/mol. The van der Waals surface area contributed by atoms with Gasteiger partial charge < -0.3 is 10.1 Å². The lowest BCUT2D eigenvalue weighted by Crippen LogP contribution is -2.32. The van der Waals surface area contributed by atoms with E-state index in [-0.39, 0.29) is 42.5 Å². The minimum atomic E-state index is -0.379. The molecule has 5 heteroatoms. The highest BCUT2D eigenvalue weighted by atomic mass is 19.1. The van der Waals surface area contributed by atoms with Crippen LogP contribution < -0.4 is 5.32 Å². The molecule has 0 heterocycles. The summed E-state index contributed by atoms with van der Waals surface area (Å²) < 4.78 is 17.7. The van der Waals surface area contributed by atoms with Crippen LogP contribution in [0.4, 0.5) is 4.39 Å². The molecule has 0 aromatic heterocycles. The smallest absolute Gasteiger partial charge is 0.306 e. The van der Waals surface area contributed by atoms with E-state index in [1.165, 1.54) is 12.1 Å². The number of benzene rings is 1. The van der Waals surface area contributed by atoms with Crippen molar-refractivity contribution in [2.45, 2.75) is 39.7 Å². The second-order valence-corrected chi connectivity index (χ2v) is 5.15. The number of halogens is 1. The van der Waals surface area contributed by atoms with Gasteiger partial charge in [0, 0.05) is 6.42 Å². The SMILES string of the molecule is CCOC(=O)CCC(=O)NC(c1ccc(F)cc1)C(C)C. The molecule has 1 aromatic rings. The van der Waals surface area contributed by atoms with Crippen molar-refractivity contribution in [2.75, 3.05) is 6.61 Å². The van der Waals surface area contributed by atoms with Gasteiger partial charge in [-0.2, -0.15) is 0 Å². The highest BCUT2D eigenvalue weighted by molar-refractivity contribution is 5.81. The predicted molar refractivity (Wildman–Crippen MR) is 78.0 cm³/mol. The Labute approximate surface area is 124 Å². The number of esters is 1. The molecule has 0 aliphatic rings. The van der Waals surface area contributed by atoms with Crippen LogP contribution in [-0.4, -0.2) is 18.5 Å². The Bertz CT molecular complexity index is 471. The molecule has 1 aromatic carbocycles. The van der Waals surface area contributed by atoms with Crippen molar-refractivity contribution in [3.63, 3.8) is 0 Å². The first-order valence-corrected chi connectivity index (χ1v) is 7.14. The average molecular weight is 295 g/mol. The van der Waals surface area contributed by atoms with Gasteiger partial charge in [0.15, 0.2) is 0 Å². The van der Waals surface area contributed by atoms with Crippen LogP contribution in [0.25, 0.3) is 0 Å². The van der Waals surface area contributed by atoms with Crippen LogP contribution in [0.1, 0.15) is 45.2 Å². The molecule has 0 fully saturated rings. The van der Waals surface area contributed by atoms with Crippen LogP contribution in [0.2, 0.25) is 0 Å². The molecule has 21 heavy (non-hydrogen) atoms. The fourth-order valence-corrected chi connectivity index (χ4v) is 2.00. The standard InChI is InChI=1S/C16H22FNO3/c1-4-21-15(20)10-9-14(19)18-16(11(2)3)12-5-7-13(17)8-6-12/h5-8,11,16H,4,9-10H2,1-3H3,(H,18,19). The number of carbonyl (C=O) groups is 2. The topological polar surface area (TPSA) is 55.4 Å². The summed E-state index contributed by atoms with van der Waals surface area (Å²) in [6.45, 7) is 5.98. The zero-order valence-corrected chi connectivity index (χ0v) is 12.7. The number of hydrogen-bond acceptors (Lipinski definition) is 3. The fourth-order valence-electron chi connectivity index (χ4n) is 2.00. The molecule has 0 aliphatic heterocycles. The largest absolute Gasteiger partial charge is 0.466 e. The molecule has 116 valence electrons. The number of nitrogens with one attached hydrogen (secondary N) is 1. The second-order valence-electron chi connectivity index (χ2n) is 5.15. The molecule has 0 radical (unpaired) electrons. The first-order valence-electron chi connectivity index (χ1n) is 7.14. The summed E-state index contributed by atoms with van der Waals surface area (Å²) in [6.07, 6.45) is 0.150. The van der Waals surface area contributed by atoms with E-state index in [0.717, 1.165) is 5.56 Å². The van der Waals surface area contributed by atoms with Crippen molar-refractivity contribution in [1.82, 2.24) is 5.32 Å². The van der Waals surface area contributed by atoms with Crippen molar-refractivity contribution in [1.29, 1.82) is 0 Å². The maximum absolute atomic E-state index is 13.0. The van der Waals surface area contributed by atoms with E-state index in [0.29, 0.717) is 6.61 Å². The Kier molecular flexibility index (Phi) is 6.85. The summed E-state index contributed by atoms with van der Waals surface area (Å²) in [5.74, 6) is -0.751. The fraction of sp³-hybridized carbons (Fsp3) is 0.500. The third-order valence-corrected chi connectivity index (χ3v) is 3.07. The van der Waals surface area contributed by atoms with Gasteiger partial charge in [-0.1, -0.05) is 26.0 Å². The Morgan fingerprint density at radius 3 is 2.33 bits per heavy atom. The van der Waals surface area contributed by atoms with E-state index in [1.54, 1.807) is 19.1 Å². The molecule has 0 aliphatic carbocycles. The number of rotatable bonds is 7. The lowest BCUT2D eigenvalue weighted by molar-refractivity contribution is -0.144. The number of hydrogen-bond donors (Lipinski definition) is 1. The van der Waals surface area contributed by atoms with E-state index < -0.39 is 0 Å². The number of ether oxygens (including phenoxy) is 1. The zero-order valence-electron chi connectivity index (χ0n) is 12.7. The van der Waals surface area contributed by atoms with Crippen LogP contribution in [0.3, 0.4) is 0 Å². The van der Waals surface area contributed by atoms with Crippen molar-refractivity contribution in [2.24, 2.45) is 5.92 Å². The molecule has 0 bridgehead atoms. The van der Waals surface area contributed by atoms with Gasteiger partial charge in [0.05, 0.1) is 19.1 Å². The van der Waals surface area contributed by atoms with Crippen molar-refractivity contribution >= 4 is 11.9 Å². The Hall–Kier alpha value is -1.91. The molecule has 0 saturated heterocycles. The van der Waals surface area contributed by atoms with Gasteiger partial charge in [-0.25, -0.2) is 4.39 Å². The van der Waals surface area contributed by atoms with Crippen LogP contribution in [0.5, 0.6) is 0 Å². The van der Waals surface area contributed by atoms with Crippen LogP contribution in [-0.2, 0) is 14.3 Å². The van der Waals surface area contributed by atoms with Gasteiger partial charge in [-0.15, -0.1) is 0 Å². The van der Waals surface area contributed by atoms with E-state index in [1.807, 2.05) is 13.8 Å². The molecular weight excluding hydrogens is 273 g/mol. The highest BCUT2D eigenvalue weighted by Gasteiger charge is 2.19. The quantitative estimate of drug-likeness (QED) is 0.787. The summed E-state index contributed by atoms with van der Waals surface area (Å²) in [7, 11) is 0. The number of amides is 1. The normalized spacial score (nSPS) is 12.0. The molecule has 1 N–H and O–H groups in total. The van der Waals surface area contributed by atoms with E-state index in [2.05, 4.69) is 5.32 Å². The third-order valence-electron chi connectivity index (χ3n) is 3.07. The minimum Gasteiger partial charge on any atom is -0.466 e. The molecule has 4 nitrogen and oxygen atoms in total. The van der Waals surface area contributed by atoms with E-state index in [4.69, 9.17) is 4.74 Å². The van der Waals surface area contributed by atoms with E-state index in [9.17, 15) is 14.0 Å². The first kappa shape index (κ1) is 17.1. The van der Waals surface area contributed by atoms with Gasteiger partial charge >= 0.3 is 5.97 Å². The van der Waals surface area contributed by atoms with Crippen LogP contribution >= 0.6 is 0 Å². The molecule has 1 amide bonds. The van der Waals surface area contributed by atoms with Gasteiger partial charge in [-0.3, -0.25) is 9.59 Å². The molecule has 0 saturated carbocycles. The van der Waals surface area contributed by atoms with Crippen molar-refractivity contribution in [3.05, 3.63) is 35.6 Å². The maximum atomic E-state index is 13.0. The predicted octanol–water partition coefficient (Wildman–Crippen LogP) is 2.98. The third kappa shape index (κ3) is 5.94. The summed E-state index contributed by atoms with van der Waals surface area (Å²) >= 11 is 0. The van der Waals surface area contributed by atoms with Gasteiger partial charge in [0.2, 0.25) is 5.91 Å². The Balaban J connectivity index is 2.60. The molecule has 1 unspecified atom stereocenters. The Morgan fingerprint density at radius 1 is 1.19 bits per heavy atom.